The van der Waals surface area contributed by atoms with E-state index in [-0.39, 0.29) is 11.3 Å². The van der Waals surface area contributed by atoms with E-state index in [0.29, 0.717) is 44.1 Å². The van der Waals surface area contributed by atoms with Gasteiger partial charge in [0.1, 0.15) is 0 Å². The molecular formula is C18H26N2O4S. The van der Waals surface area contributed by atoms with Gasteiger partial charge in [-0.3, -0.25) is 4.79 Å². The van der Waals surface area contributed by atoms with Gasteiger partial charge in [-0.1, -0.05) is 18.2 Å². The van der Waals surface area contributed by atoms with E-state index in [1.54, 1.807) is 35.7 Å². The van der Waals surface area contributed by atoms with Gasteiger partial charge in [0, 0.05) is 39.7 Å². The molecule has 0 radical (unpaired) electrons. The second kappa shape index (κ2) is 7.43. The number of hydrogen-bond donors (Lipinski definition) is 0. The van der Waals surface area contributed by atoms with Crippen LogP contribution < -0.4 is 0 Å². The highest BCUT2D eigenvalue weighted by Gasteiger charge is 2.42. The van der Waals surface area contributed by atoms with Crippen LogP contribution in [0, 0.1) is 5.41 Å². The molecule has 0 saturated carbocycles. The summed E-state index contributed by atoms with van der Waals surface area (Å²) in [5, 5.41) is 0. The Morgan fingerprint density at radius 1 is 1.12 bits per heavy atom. The highest BCUT2D eigenvalue weighted by molar-refractivity contribution is 7.89. The van der Waals surface area contributed by atoms with Gasteiger partial charge >= 0.3 is 0 Å². The number of carbonyl (C=O) groups is 1. The monoisotopic (exact) mass is 366 g/mol. The fourth-order valence-corrected chi connectivity index (χ4v) is 5.32. The molecule has 0 bridgehead atoms. The van der Waals surface area contributed by atoms with Gasteiger partial charge in [0.2, 0.25) is 15.9 Å². The van der Waals surface area contributed by atoms with Crippen LogP contribution in [-0.2, 0) is 19.6 Å². The van der Waals surface area contributed by atoms with E-state index < -0.39 is 10.0 Å². The Morgan fingerprint density at radius 3 is 2.44 bits per heavy atom. The number of ether oxygens (including phenoxy) is 1. The number of methoxy groups -OCH3 is 1. The molecule has 1 aromatic rings. The van der Waals surface area contributed by atoms with Crippen LogP contribution in [-0.4, -0.2) is 63.4 Å². The zero-order valence-corrected chi connectivity index (χ0v) is 15.5. The number of piperidine rings is 2. The SMILES string of the molecule is COCCN1CC2(CCC1=O)CCN(S(=O)(=O)c1ccccc1)CC2. The van der Waals surface area contributed by atoms with Gasteiger partial charge in [0.25, 0.3) is 0 Å². The molecule has 2 aliphatic rings. The van der Waals surface area contributed by atoms with E-state index in [2.05, 4.69) is 0 Å². The molecule has 0 aliphatic carbocycles. The van der Waals surface area contributed by atoms with E-state index in [0.717, 1.165) is 19.3 Å². The van der Waals surface area contributed by atoms with Crippen LogP contribution in [0.25, 0.3) is 0 Å². The summed E-state index contributed by atoms with van der Waals surface area (Å²) in [6.07, 6.45) is 3.01. The Kier molecular flexibility index (Phi) is 5.46. The van der Waals surface area contributed by atoms with E-state index in [9.17, 15) is 13.2 Å². The zero-order chi connectivity index (χ0) is 17.9. The van der Waals surface area contributed by atoms with Gasteiger partial charge < -0.3 is 9.64 Å². The molecule has 1 spiro atoms. The lowest BCUT2D eigenvalue weighted by Crippen LogP contribution is -2.52. The molecule has 2 heterocycles. The van der Waals surface area contributed by atoms with Crippen LogP contribution >= 0.6 is 0 Å². The lowest BCUT2D eigenvalue weighted by Gasteiger charge is -2.47. The van der Waals surface area contributed by atoms with Crippen molar-refractivity contribution in [1.29, 1.82) is 0 Å². The Morgan fingerprint density at radius 2 is 1.80 bits per heavy atom. The van der Waals surface area contributed by atoms with Crippen molar-refractivity contribution in [3.8, 4) is 0 Å². The average Bonchev–Trinajstić information content (AvgIpc) is 2.64. The average molecular weight is 366 g/mol. The number of hydrogen-bond acceptors (Lipinski definition) is 4. The van der Waals surface area contributed by atoms with Crippen molar-refractivity contribution < 1.29 is 17.9 Å². The van der Waals surface area contributed by atoms with Gasteiger partial charge in [-0.2, -0.15) is 4.31 Å². The predicted octanol–water partition coefficient (Wildman–Crippen LogP) is 1.73. The van der Waals surface area contributed by atoms with Crippen molar-refractivity contribution in [1.82, 2.24) is 9.21 Å². The minimum Gasteiger partial charge on any atom is -0.383 e. The van der Waals surface area contributed by atoms with E-state index in [1.165, 1.54) is 0 Å². The first-order chi connectivity index (χ1) is 12.0. The molecule has 1 aromatic carbocycles. The smallest absolute Gasteiger partial charge is 0.243 e. The molecule has 25 heavy (non-hydrogen) atoms. The van der Waals surface area contributed by atoms with Gasteiger partial charge in [0.15, 0.2) is 0 Å². The fourth-order valence-electron chi connectivity index (χ4n) is 3.86. The summed E-state index contributed by atoms with van der Waals surface area (Å²) >= 11 is 0. The van der Waals surface area contributed by atoms with Gasteiger partial charge in [-0.25, -0.2) is 8.42 Å². The van der Waals surface area contributed by atoms with Crippen LogP contribution in [0.15, 0.2) is 35.2 Å². The van der Waals surface area contributed by atoms with Gasteiger partial charge in [-0.05, 0) is 36.8 Å². The standard InChI is InChI=1S/C18H26N2O4S/c1-24-14-13-19-15-18(8-7-17(19)21)9-11-20(12-10-18)25(22,23)16-5-3-2-4-6-16/h2-6H,7-15H2,1H3. The lowest BCUT2D eigenvalue weighted by atomic mass is 9.73. The van der Waals surface area contributed by atoms with E-state index >= 15 is 0 Å². The predicted molar refractivity (Wildman–Crippen MR) is 94.6 cm³/mol. The van der Waals surface area contributed by atoms with E-state index in [4.69, 9.17) is 4.74 Å². The summed E-state index contributed by atoms with van der Waals surface area (Å²) in [7, 11) is -1.79. The zero-order valence-electron chi connectivity index (χ0n) is 14.7. The van der Waals surface area contributed by atoms with Crippen LogP contribution in [0.3, 0.4) is 0 Å². The van der Waals surface area contributed by atoms with Gasteiger partial charge in [-0.15, -0.1) is 0 Å². The summed E-state index contributed by atoms with van der Waals surface area (Å²) in [5.41, 5.74) is 0.0460. The molecular weight excluding hydrogens is 340 g/mol. The quantitative estimate of drug-likeness (QED) is 0.796. The minimum atomic E-state index is -3.42. The van der Waals surface area contributed by atoms with Crippen molar-refractivity contribution in [3.63, 3.8) is 0 Å². The molecule has 2 fully saturated rings. The molecule has 1 amide bonds. The van der Waals surface area contributed by atoms with E-state index in [1.807, 2.05) is 11.0 Å². The third-order valence-electron chi connectivity index (χ3n) is 5.48. The highest BCUT2D eigenvalue weighted by atomic mass is 32.2. The molecule has 0 N–H and O–H groups in total. The van der Waals surface area contributed by atoms with Crippen molar-refractivity contribution in [3.05, 3.63) is 30.3 Å². The molecule has 2 saturated heterocycles. The lowest BCUT2D eigenvalue weighted by molar-refractivity contribution is -0.139. The number of rotatable bonds is 5. The Balaban J connectivity index is 1.66. The maximum Gasteiger partial charge on any atom is 0.243 e. The van der Waals surface area contributed by atoms with Crippen LogP contribution in [0.4, 0.5) is 0 Å². The van der Waals surface area contributed by atoms with Crippen molar-refractivity contribution in [2.75, 3.05) is 39.9 Å². The largest absolute Gasteiger partial charge is 0.383 e. The van der Waals surface area contributed by atoms with Crippen molar-refractivity contribution in [2.24, 2.45) is 5.41 Å². The fraction of sp³-hybridized carbons (Fsp3) is 0.611. The Bertz CT molecular complexity index is 697. The summed E-state index contributed by atoms with van der Waals surface area (Å²) in [6.45, 7) is 2.90. The maximum absolute atomic E-state index is 12.8. The minimum absolute atomic E-state index is 0.0460. The number of benzene rings is 1. The first-order valence-electron chi connectivity index (χ1n) is 8.79. The number of amides is 1. The van der Waals surface area contributed by atoms with Crippen LogP contribution in [0.2, 0.25) is 0 Å². The number of nitrogens with zero attached hydrogens (tertiary/aromatic N) is 2. The second-order valence-electron chi connectivity index (χ2n) is 7.03. The number of sulfonamides is 1. The molecule has 0 unspecified atom stereocenters. The molecule has 0 aromatic heterocycles. The van der Waals surface area contributed by atoms with Crippen molar-refractivity contribution >= 4 is 15.9 Å². The topological polar surface area (TPSA) is 66.9 Å². The maximum atomic E-state index is 12.8. The molecule has 7 heteroatoms. The summed E-state index contributed by atoms with van der Waals surface area (Å²) in [6, 6.07) is 8.60. The third kappa shape index (κ3) is 3.88. The van der Waals surface area contributed by atoms with Crippen LogP contribution in [0.1, 0.15) is 25.7 Å². The molecule has 6 nitrogen and oxygen atoms in total. The van der Waals surface area contributed by atoms with Crippen LogP contribution in [0.5, 0.6) is 0 Å². The Hall–Kier alpha value is -1.44. The normalized spacial score (nSPS) is 21.6. The number of carbonyl (C=O) groups excluding carboxylic acids is 1. The molecule has 2 aliphatic heterocycles. The summed E-state index contributed by atoms with van der Waals surface area (Å²) < 4.78 is 32.2. The molecule has 3 rings (SSSR count). The van der Waals surface area contributed by atoms with Gasteiger partial charge in [0.05, 0.1) is 11.5 Å². The number of likely N-dealkylation sites (tertiary alicyclic amines) is 1. The molecule has 0 atom stereocenters. The highest BCUT2D eigenvalue weighted by Crippen LogP contribution is 2.41. The third-order valence-corrected chi connectivity index (χ3v) is 7.39. The first kappa shape index (κ1) is 18.4. The summed E-state index contributed by atoms with van der Waals surface area (Å²) in [5.74, 6) is 0.182. The summed E-state index contributed by atoms with van der Waals surface area (Å²) in [4.78, 5) is 14.3. The molecule has 138 valence electrons. The second-order valence-corrected chi connectivity index (χ2v) is 8.96. The first-order valence-corrected chi connectivity index (χ1v) is 10.2. The van der Waals surface area contributed by atoms with Crippen molar-refractivity contribution in [2.45, 2.75) is 30.6 Å². The Labute approximate surface area is 149 Å².